The number of piperidine rings is 1. The summed E-state index contributed by atoms with van der Waals surface area (Å²) in [6.07, 6.45) is 3.68. The lowest BCUT2D eigenvalue weighted by molar-refractivity contribution is 0.0262. The molecule has 2 fully saturated rings. The Hall–Kier alpha value is -3.20. The quantitative estimate of drug-likeness (QED) is 0.279. The van der Waals surface area contributed by atoms with Crippen LogP contribution in [0.5, 0.6) is 5.75 Å². The van der Waals surface area contributed by atoms with E-state index < -0.39 is 23.6 Å². The first kappa shape index (κ1) is 31.2. The van der Waals surface area contributed by atoms with Crippen molar-refractivity contribution >= 4 is 10.9 Å². The van der Waals surface area contributed by atoms with Gasteiger partial charge in [-0.1, -0.05) is 11.8 Å². The lowest BCUT2D eigenvalue weighted by Gasteiger charge is -2.40. The minimum atomic E-state index is -1.50. The van der Waals surface area contributed by atoms with Gasteiger partial charge in [0.2, 0.25) is 0 Å². The van der Waals surface area contributed by atoms with Crippen LogP contribution in [0.1, 0.15) is 48.5 Å². The fraction of sp³-hybridized carbons (Fsp3) is 0.485. The number of nitrogens with zero attached hydrogens (tertiary/aromatic N) is 3. The molecule has 3 aromatic rings. The summed E-state index contributed by atoms with van der Waals surface area (Å²) in [6, 6.07) is 7.47. The van der Waals surface area contributed by atoms with Gasteiger partial charge in [0, 0.05) is 43.4 Å². The lowest BCUT2D eigenvalue weighted by atomic mass is 9.74. The molecule has 2 N–H and O–H groups in total. The normalized spacial score (nSPS) is 18.3. The second kappa shape index (κ2) is 14.1. The third-order valence-corrected chi connectivity index (χ3v) is 8.75. The third-order valence-electron chi connectivity index (χ3n) is 8.75. The molecule has 3 heterocycles. The molecule has 230 valence electrons. The number of likely N-dealkylation sites (tertiary alicyclic amines) is 1. The molecule has 0 spiro atoms. The summed E-state index contributed by atoms with van der Waals surface area (Å²) >= 11 is 0. The minimum absolute atomic E-state index is 0.0128. The molecule has 1 aromatic heterocycles. The first-order valence-electron chi connectivity index (χ1n) is 14.7. The fourth-order valence-electron chi connectivity index (χ4n) is 6.02. The molecular formula is C33H38F3N3O4. The van der Waals surface area contributed by atoms with E-state index in [-0.39, 0.29) is 17.6 Å². The molecule has 0 amide bonds. The number of fused-ring (bicyclic) bond motifs is 1. The van der Waals surface area contributed by atoms with Crippen LogP contribution in [0, 0.1) is 34.7 Å². The van der Waals surface area contributed by atoms with Crippen LogP contribution >= 0.6 is 0 Å². The molecule has 2 saturated heterocycles. The molecule has 0 saturated carbocycles. The van der Waals surface area contributed by atoms with Crippen molar-refractivity contribution in [2.24, 2.45) is 5.41 Å². The second-order valence-corrected chi connectivity index (χ2v) is 11.5. The van der Waals surface area contributed by atoms with Crippen molar-refractivity contribution in [3.8, 4) is 17.6 Å². The zero-order valence-electron chi connectivity index (χ0n) is 24.4. The van der Waals surface area contributed by atoms with Crippen LogP contribution in [0.2, 0.25) is 0 Å². The van der Waals surface area contributed by atoms with E-state index in [0.717, 1.165) is 60.1 Å². The van der Waals surface area contributed by atoms with Crippen molar-refractivity contribution in [1.82, 2.24) is 14.8 Å². The van der Waals surface area contributed by atoms with Crippen LogP contribution in [-0.4, -0.2) is 84.7 Å². The molecule has 0 radical (unpaired) electrons. The molecular weight excluding hydrogens is 559 g/mol. The van der Waals surface area contributed by atoms with Gasteiger partial charge >= 0.3 is 0 Å². The summed E-state index contributed by atoms with van der Waals surface area (Å²) in [5, 5.41) is 23.0. The topological polar surface area (TPSA) is 78.3 Å². The number of hydrogen-bond donors (Lipinski definition) is 2. The van der Waals surface area contributed by atoms with Crippen LogP contribution in [0.15, 0.2) is 36.5 Å². The van der Waals surface area contributed by atoms with Gasteiger partial charge in [-0.3, -0.25) is 14.8 Å². The SMILES string of the molecule is COc1ccc2ncc(CN3CCOCC3)c([C@@H](O)CCC3(CO)CCN(CC#Cc4cc(F)c(F)c(F)c4)CC3)c2c1. The van der Waals surface area contributed by atoms with Crippen LogP contribution in [-0.2, 0) is 11.3 Å². The number of rotatable bonds is 9. The van der Waals surface area contributed by atoms with Crippen molar-refractivity contribution in [3.05, 3.63) is 70.7 Å². The summed E-state index contributed by atoms with van der Waals surface area (Å²) < 4.78 is 51.1. The van der Waals surface area contributed by atoms with E-state index in [0.29, 0.717) is 58.0 Å². The van der Waals surface area contributed by atoms with Gasteiger partial charge in [-0.15, -0.1) is 0 Å². The molecule has 2 aliphatic heterocycles. The number of pyridine rings is 1. The summed E-state index contributed by atoms with van der Waals surface area (Å²) in [7, 11) is 1.62. The molecule has 0 unspecified atom stereocenters. The number of benzene rings is 2. The summed E-state index contributed by atoms with van der Waals surface area (Å²) in [5.41, 5.74) is 2.37. The number of aliphatic hydroxyl groups is 2. The van der Waals surface area contributed by atoms with Gasteiger partial charge in [0.15, 0.2) is 17.5 Å². The molecule has 2 aromatic carbocycles. The monoisotopic (exact) mass is 597 g/mol. The highest BCUT2D eigenvalue weighted by Crippen LogP contribution is 2.40. The van der Waals surface area contributed by atoms with Gasteiger partial charge in [-0.2, -0.15) is 0 Å². The highest BCUT2D eigenvalue weighted by atomic mass is 19.2. The number of ether oxygens (including phenoxy) is 2. The lowest BCUT2D eigenvalue weighted by Crippen LogP contribution is -2.42. The van der Waals surface area contributed by atoms with E-state index in [9.17, 15) is 23.4 Å². The summed E-state index contributed by atoms with van der Waals surface area (Å²) in [6.45, 7) is 5.43. The Labute approximate surface area is 250 Å². The van der Waals surface area contributed by atoms with Gasteiger partial charge in [0.25, 0.3) is 0 Å². The van der Waals surface area contributed by atoms with E-state index in [1.54, 1.807) is 7.11 Å². The van der Waals surface area contributed by atoms with Crippen LogP contribution < -0.4 is 4.74 Å². The first-order valence-corrected chi connectivity index (χ1v) is 14.7. The Balaban J connectivity index is 1.25. The maximum atomic E-state index is 13.5. The van der Waals surface area contributed by atoms with Gasteiger partial charge in [-0.25, -0.2) is 13.2 Å². The highest BCUT2D eigenvalue weighted by molar-refractivity contribution is 5.85. The largest absolute Gasteiger partial charge is 0.497 e. The molecule has 1 atom stereocenters. The maximum absolute atomic E-state index is 13.5. The Morgan fingerprint density at radius 2 is 1.77 bits per heavy atom. The molecule has 43 heavy (non-hydrogen) atoms. The van der Waals surface area contributed by atoms with Crippen LogP contribution in [0.4, 0.5) is 13.2 Å². The standard InChI is InChI=1S/C33H38F3N3O4/c1-42-25-4-5-29-26(19-25)31(24(20-37-29)21-39-13-15-43-16-14-39)30(41)6-7-33(22-40)8-11-38(12-9-33)10-2-3-23-17-27(34)32(36)28(35)18-23/h4-5,17-20,30,40-41H,6-16,21-22H2,1H3/t30-/m0/s1. The van der Waals surface area contributed by atoms with E-state index in [1.807, 2.05) is 24.4 Å². The predicted molar refractivity (Wildman–Crippen MR) is 157 cm³/mol. The molecule has 5 rings (SSSR count). The molecule has 7 nitrogen and oxygen atoms in total. The van der Waals surface area contributed by atoms with Crippen molar-refractivity contribution < 1.29 is 32.9 Å². The number of morpholine rings is 1. The smallest absolute Gasteiger partial charge is 0.194 e. The van der Waals surface area contributed by atoms with Gasteiger partial charge in [0.1, 0.15) is 5.75 Å². The van der Waals surface area contributed by atoms with Crippen LogP contribution in [0.3, 0.4) is 0 Å². The fourth-order valence-corrected chi connectivity index (χ4v) is 6.02. The van der Waals surface area contributed by atoms with Crippen molar-refractivity contribution in [1.29, 1.82) is 0 Å². The zero-order valence-corrected chi connectivity index (χ0v) is 24.4. The average molecular weight is 598 g/mol. The number of methoxy groups -OCH3 is 1. The Morgan fingerprint density at radius 3 is 2.44 bits per heavy atom. The summed E-state index contributed by atoms with van der Waals surface area (Å²) in [5.74, 6) is 2.30. The first-order chi connectivity index (χ1) is 20.8. The number of halogens is 3. The van der Waals surface area contributed by atoms with Crippen LogP contribution in [0.25, 0.3) is 10.9 Å². The third kappa shape index (κ3) is 7.48. The minimum Gasteiger partial charge on any atom is -0.497 e. The van der Waals surface area contributed by atoms with Gasteiger partial charge in [-0.05, 0) is 85.6 Å². The van der Waals surface area contributed by atoms with E-state index in [4.69, 9.17) is 9.47 Å². The van der Waals surface area contributed by atoms with Crippen molar-refractivity contribution in [2.75, 3.05) is 59.7 Å². The Morgan fingerprint density at radius 1 is 1.05 bits per heavy atom. The molecule has 10 heteroatoms. The number of aliphatic hydroxyl groups excluding tert-OH is 2. The highest BCUT2D eigenvalue weighted by Gasteiger charge is 2.34. The summed E-state index contributed by atoms with van der Waals surface area (Å²) in [4.78, 5) is 9.10. The average Bonchev–Trinajstić information content (AvgIpc) is 3.03. The molecule has 2 aliphatic rings. The van der Waals surface area contributed by atoms with E-state index >= 15 is 0 Å². The zero-order chi connectivity index (χ0) is 30.4. The number of aromatic nitrogens is 1. The van der Waals surface area contributed by atoms with Crippen molar-refractivity contribution in [2.45, 2.75) is 38.3 Å². The van der Waals surface area contributed by atoms with Gasteiger partial charge < -0.3 is 19.7 Å². The molecule has 0 aliphatic carbocycles. The van der Waals surface area contributed by atoms with Crippen molar-refractivity contribution in [3.63, 3.8) is 0 Å². The van der Waals surface area contributed by atoms with Gasteiger partial charge in [0.05, 0.1) is 38.5 Å². The maximum Gasteiger partial charge on any atom is 0.194 e. The Bertz CT molecular complexity index is 1450. The predicted octanol–water partition coefficient (Wildman–Crippen LogP) is 4.43. The van der Waals surface area contributed by atoms with E-state index in [2.05, 4.69) is 26.6 Å². The molecule has 0 bridgehead atoms. The number of hydrogen-bond acceptors (Lipinski definition) is 7. The Kier molecular flexibility index (Phi) is 10.2. The van der Waals surface area contributed by atoms with E-state index in [1.165, 1.54) is 0 Å². The second-order valence-electron chi connectivity index (χ2n) is 11.5.